The molecule has 3 aromatic carbocycles. The predicted molar refractivity (Wildman–Crippen MR) is 113 cm³/mol. The van der Waals surface area contributed by atoms with Crippen LogP contribution < -0.4 is 10.0 Å². The molecule has 1 amide bonds. The van der Waals surface area contributed by atoms with E-state index >= 15 is 0 Å². The van der Waals surface area contributed by atoms with Crippen molar-refractivity contribution in [2.24, 2.45) is 0 Å². The average Bonchev–Trinajstić information content (AvgIpc) is 2.77. The molecule has 29 heavy (non-hydrogen) atoms. The fraction of sp³-hybridized carbons (Fsp3) is 0.136. The van der Waals surface area contributed by atoms with Crippen molar-refractivity contribution in [3.8, 4) is 0 Å². The highest BCUT2D eigenvalue weighted by molar-refractivity contribution is 7.97. The summed E-state index contributed by atoms with van der Waals surface area (Å²) in [5.41, 5.74) is 1.01. The van der Waals surface area contributed by atoms with Crippen LogP contribution in [0.1, 0.15) is 20.7 Å². The largest absolute Gasteiger partial charge is 0.468 e. The third-order valence-electron chi connectivity index (χ3n) is 4.23. The van der Waals surface area contributed by atoms with E-state index in [1.165, 1.54) is 19.1 Å². The van der Waals surface area contributed by atoms with Crippen molar-refractivity contribution < 1.29 is 19.1 Å². The monoisotopic (exact) mass is 408 g/mol. The van der Waals surface area contributed by atoms with Crippen LogP contribution in [0.25, 0.3) is 10.8 Å². The van der Waals surface area contributed by atoms with E-state index in [1.54, 1.807) is 30.3 Å². The first-order valence-corrected chi connectivity index (χ1v) is 9.75. The number of esters is 1. The molecule has 0 spiro atoms. The van der Waals surface area contributed by atoms with Crippen LogP contribution >= 0.6 is 11.9 Å². The first-order valence-electron chi connectivity index (χ1n) is 8.93. The van der Waals surface area contributed by atoms with E-state index in [2.05, 4.69) is 14.8 Å². The Labute approximate surface area is 172 Å². The molecule has 0 bridgehead atoms. The SMILES string of the molecule is COC(=O)CNSc1ccc(C(=O)NCC(=O)c2ccc3ccccc3c2)cc1. The molecule has 0 aliphatic heterocycles. The smallest absolute Gasteiger partial charge is 0.320 e. The molecule has 148 valence electrons. The molecule has 7 heteroatoms. The molecule has 0 fully saturated rings. The lowest BCUT2D eigenvalue weighted by atomic mass is 10.0. The Morgan fingerprint density at radius 2 is 1.55 bits per heavy atom. The van der Waals surface area contributed by atoms with Crippen molar-refractivity contribution in [1.29, 1.82) is 0 Å². The molecule has 0 heterocycles. The number of ketones is 1. The zero-order chi connectivity index (χ0) is 20.6. The second kappa shape index (κ2) is 9.86. The number of amides is 1. The number of Topliss-reactive ketones (excluding diaryl/α,β-unsaturated/α-hetero) is 1. The number of methoxy groups -OCH3 is 1. The fourth-order valence-corrected chi connectivity index (χ4v) is 3.28. The minimum atomic E-state index is -0.357. The number of fused-ring (bicyclic) bond motifs is 1. The highest BCUT2D eigenvalue weighted by Gasteiger charge is 2.11. The van der Waals surface area contributed by atoms with Gasteiger partial charge in [-0.15, -0.1) is 0 Å². The number of ether oxygens (including phenoxy) is 1. The number of hydrogen-bond donors (Lipinski definition) is 2. The average molecular weight is 408 g/mol. The van der Waals surface area contributed by atoms with E-state index < -0.39 is 0 Å². The van der Waals surface area contributed by atoms with Crippen molar-refractivity contribution in [2.75, 3.05) is 20.2 Å². The number of nitrogens with one attached hydrogen (secondary N) is 2. The molecule has 0 radical (unpaired) electrons. The molecule has 0 atom stereocenters. The van der Waals surface area contributed by atoms with Gasteiger partial charge in [-0.05, 0) is 53.1 Å². The van der Waals surface area contributed by atoms with Crippen LogP contribution in [0.3, 0.4) is 0 Å². The summed E-state index contributed by atoms with van der Waals surface area (Å²) in [6, 6.07) is 20.1. The molecule has 3 rings (SSSR count). The molecular formula is C22H20N2O4S. The number of rotatable bonds is 8. The summed E-state index contributed by atoms with van der Waals surface area (Å²) < 4.78 is 7.41. The lowest BCUT2D eigenvalue weighted by Gasteiger charge is -2.07. The minimum Gasteiger partial charge on any atom is -0.468 e. The Bertz CT molecular complexity index is 1030. The van der Waals surface area contributed by atoms with Gasteiger partial charge in [-0.25, -0.2) is 4.72 Å². The fourth-order valence-electron chi connectivity index (χ4n) is 2.65. The highest BCUT2D eigenvalue weighted by Crippen LogP contribution is 2.17. The number of carbonyl (C=O) groups is 3. The van der Waals surface area contributed by atoms with Crippen molar-refractivity contribution >= 4 is 40.4 Å². The zero-order valence-electron chi connectivity index (χ0n) is 15.8. The van der Waals surface area contributed by atoms with Crippen LogP contribution in [-0.2, 0) is 9.53 Å². The van der Waals surface area contributed by atoms with E-state index in [1.807, 2.05) is 36.4 Å². The van der Waals surface area contributed by atoms with Crippen LogP contribution in [-0.4, -0.2) is 37.9 Å². The lowest BCUT2D eigenvalue weighted by Crippen LogP contribution is -2.29. The van der Waals surface area contributed by atoms with Gasteiger partial charge in [-0.1, -0.05) is 36.4 Å². The summed E-state index contributed by atoms with van der Waals surface area (Å²) in [4.78, 5) is 36.6. The summed E-state index contributed by atoms with van der Waals surface area (Å²) in [7, 11) is 1.33. The van der Waals surface area contributed by atoms with Gasteiger partial charge >= 0.3 is 5.97 Å². The maximum absolute atomic E-state index is 12.4. The van der Waals surface area contributed by atoms with E-state index in [9.17, 15) is 14.4 Å². The quantitative estimate of drug-likeness (QED) is 0.338. The molecule has 0 aliphatic rings. The molecule has 6 nitrogen and oxygen atoms in total. The molecule has 0 saturated carbocycles. The predicted octanol–water partition coefficient (Wildman–Crippen LogP) is 3.22. The van der Waals surface area contributed by atoms with Gasteiger partial charge in [0.15, 0.2) is 5.78 Å². The maximum Gasteiger partial charge on any atom is 0.320 e. The van der Waals surface area contributed by atoms with Gasteiger partial charge in [-0.3, -0.25) is 14.4 Å². The van der Waals surface area contributed by atoms with E-state index in [-0.39, 0.29) is 30.7 Å². The number of carbonyl (C=O) groups excluding carboxylic acids is 3. The molecule has 3 aromatic rings. The van der Waals surface area contributed by atoms with Gasteiger partial charge < -0.3 is 10.1 Å². The van der Waals surface area contributed by atoms with Crippen molar-refractivity contribution in [3.63, 3.8) is 0 Å². The zero-order valence-corrected chi connectivity index (χ0v) is 16.6. The summed E-state index contributed by atoms with van der Waals surface area (Å²) in [5.74, 6) is -0.828. The topological polar surface area (TPSA) is 84.5 Å². The van der Waals surface area contributed by atoms with Gasteiger partial charge in [0.05, 0.1) is 13.7 Å². The first kappa shape index (κ1) is 20.6. The van der Waals surface area contributed by atoms with Crippen LogP contribution in [0.15, 0.2) is 71.6 Å². The summed E-state index contributed by atoms with van der Waals surface area (Å²) >= 11 is 1.26. The summed E-state index contributed by atoms with van der Waals surface area (Å²) in [6.45, 7) is 0.00858. The third kappa shape index (κ3) is 5.66. The van der Waals surface area contributed by atoms with E-state index in [0.29, 0.717) is 11.1 Å². The van der Waals surface area contributed by atoms with Crippen molar-refractivity contribution in [1.82, 2.24) is 10.0 Å². The Balaban J connectivity index is 1.52. The summed E-state index contributed by atoms with van der Waals surface area (Å²) in [6.07, 6.45) is 0. The van der Waals surface area contributed by atoms with E-state index in [4.69, 9.17) is 0 Å². The third-order valence-corrected chi connectivity index (χ3v) is 5.03. The Morgan fingerprint density at radius 3 is 2.28 bits per heavy atom. The minimum absolute atomic E-state index is 0.0750. The Kier molecular flexibility index (Phi) is 6.99. The van der Waals surface area contributed by atoms with Gasteiger partial charge in [0, 0.05) is 16.0 Å². The molecule has 2 N–H and O–H groups in total. The molecular weight excluding hydrogens is 388 g/mol. The van der Waals surface area contributed by atoms with Crippen LogP contribution in [0, 0.1) is 0 Å². The van der Waals surface area contributed by atoms with Crippen LogP contribution in [0.4, 0.5) is 0 Å². The normalized spacial score (nSPS) is 10.5. The first-order chi connectivity index (χ1) is 14.1. The molecule has 0 aromatic heterocycles. The molecule has 0 aliphatic carbocycles. The Morgan fingerprint density at radius 1 is 0.862 bits per heavy atom. The van der Waals surface area contributed by atoms with Gasteiger partial charge in [0.25, 0.3) is 5.91 Å². The van der Waals surface area contributed by atoms with Crippen LogP contribution in [0.2, 0.25) is 0 Å². The van der Waals surface area contributed by atoms with Crippen molar-refractivity contribution in [2.45, 2.75) is 4.90 Å². The lowest BCUT2D eigenvalue weighted by molar-refractivity contribution is -0.139. The van der Waals surface area contributed by atoms with Gasteiger partial charge in [-0.2, -0.15) is 0 Å². The maximum atomic E-state index is 12.4. The second-order valence-corrected chi connectivity index (χ2v) is 7.16. The summed E-state index contributed by atoms with van der Waals surface area (Å²) in [5, 5.41) is 4.71. The Hall–Kier alpha value is -3.16. The number of benzene rings is 3. The van der Waals surface area contributed by atoms with Gasteiger partial charge in [0.1, 0.15) is 6.54 Å². The van der Waals surface area contributed by atoms with Gasteiger partial charge in [0.2, 0.25) is 0 Å². The van der Waals surface area contributed by atoms with E-state index in [0.717, 1.165) is 15.7 Å². The van der Waals surface area contributed by atoms with Crippen molar-refractivity contribution in [3.05, 3.63) is 77.9 Å². The molecule has 0 unspecified atom stereocenters. The second-order valence-electron chi connectivity index (χ2n) is 6.19. The van der Waals surface area contributed by atoms with Crippen LogP contribution in [0.5, 0.6) is 0 Å². The highest BCUT2D eigenvalue weighted by atomic mass is 32.2. The molecule has 0 saturated heterocycles. The number of hydrogen-bond acceptors (Lipinski definition) is 6. The standard InChI is InChI=1S/C22H20N2O4S/c1-28-21(26)14-24-29-19-10-8-16(9-11-19)22(27)23-13-20(25)18-7-6-15-4-2-3-5-17(15)12-18/h2-12,24H,13-14H2,1H3,(H,23,27).